The van der Waals surface area contributed by atoms with E-state index in [9.17, 15) is 9.90 Å². The second kappa shape index (κ2) is 7.97. The number of hydrogen-bond donors (Lipinski definition) is 1. The van der Waals surface area contributed by atoms with Gasteiger partial charge in [0.05, 0.1) is 27.4 Å². The SMILES string of the molecule is COc1cc(OC)c(C(c2cccs2)N2CCCC2C(=O)O)cc1OC. The van der Waals surface area contributed by atoms with Crippen LogP contribution in [0.25, 0.3) is 0 Å². The van der Waals surface area contributed by atoms with Gasteiger partial charge < -0.3 is 19.3 Å². The molecule has 1 aromatic carbocycles. The van der Waals surface area contributed by atoms with Crippen molar-refractivity contribution in [3.63, 3.8) is 0 Å². The highest BCUT2D eigenvalue weighted by molar-refractivity contribution is 7.10. The van der Waals surface area contributed by atoms with Crippen LogP contribution in [0.4, 0.5) is 0 Å². The zero-order valence-electron chi connectivity index (χ0n) is 15.1. The van der Waals surface area contributed by atoms with Crippen LogP contribution in [0.2, 0.25) is 0 Å². The van der Waals surface area contributed by atoms with Gasteiger partial charge in [-0.2, -0.15) is 0 Å². The van der Waals surface area contributed by atoms with Gasteiger partial charge in [0, 0.05) is 23.1 Å². The number of rotatable bonds is 7. The number of benzene rings is 1. The van der Waals surface area contributed by atoms with Crippen LogP contribution in [-0.2, 0) is 4.79 Å². The van der Waals surface area contributed by atoms with Crippen molar-refractivity contribution in [3.8, 4) is 17.2 Å². The molecule has 1 aliphatic heterocycles. The minimum Gasteiger partial charge on any atom is -0.496 e. The zero-order chi connectivity index (χ0) is 18.7. The fourth-order valence-corrected chi connectivity index (χ4v) is 4.43. The zero-order valence-corrected chi connectivity index (χ0v) is 15.9. The van der Waals surface area contributed by atoms with E-state index in [-0.39, 0.29) is 6.04 Å². The lowest BCUT2D eigenvalue weighted by Crippen LogP contribution is -2.39. The Morgan fingerprint density at radius 3 is 2.46 bits per heavy atom. The molecule has 2 atom stereocenters. The Morgan fingerprint density at radius 2 is 1.88 bits per heavy atom. The van der Waals surface area contributed by atoms with Crippen molar-refractivity contribution in [3.05, 3.63) is 40.1 Å². The van der Waals surface area contributed by atoms with Crippen LogP contribution in [0.3, 0.4) is 0 Å². The first-order valence-electron chi connectivity index (χ1n) is 8.42. The Labute approximate surface area is 156 Å². The number of thiophene rings is 1. The maximum Gasteiger partial charge on any atom is 0.320 e. The fourth-order valence-electron chi connectivity index (χ4n) is 3.57. The van der Waals surface area contributed by atoms with Crippen LogP contribution in [0.1, 0.15) is 29.3 Å². The predicted molar refractivity (Wildman–Crippen MR) is 99.6 cm³/mol. The van der Waals surface area contributed by atoms with E-state index in [1.54, 1.807) is 38.7 Å². The van der Waals surface area contributed by atoms with Crippen molar-refractivity contribution in [2.24, 2.45) is 0 Å². The molecule has 0 radical (unpaired) electrons. The molecule has 0 spiro atoms. The Hall–Kier alpha value is -2.25. The summed E-state index contributed by atoms with van der Waals surface area (Å²) in [6.07, 6.45) is 1.50. The van der Waals surface area contributed by atoms with Crippen molar-refractivity contribution in [1.29, 1.82) is 0 Å². The Bertz CT molecular complexity index is 762. The molecule has 1 saturated heterocycles. The molecule has 2 heterocycles. The molecule has 1 aromatic heterocycles. The van der Waals surface area contributed by atoms with Gasteiger partial charge in [0.15, 0.2) is 11.5 Å². The molecule has 7 heteroatoms. The summed E-state index contributed by atoms with van der Waals surface area (Å²) >= 11 is 1.61. The summed E-state index contributed by atoms with van der Waals surface area (Å²) in [5.74, 6) is 1.03. The van der Waals surface area contributed by atoms with Gasteiger partial charge in [-0.25, -0.2) is 0 Å². The van der Waals surface area contributed by atoms with Crippen molar-refractivity contribution in [1.82, 2.24) is 4.90 Å². The number of aliphatic carboxylic acids is 1. The van der Waals surface area contributed by atoms with E-state index in [0.717, 1.165) is 23.4 Å². The van der Waals surface area contributed by atoms with Gasteiger partial charge >= 0.3 is 5.97 Å². The summed E-state index contributed by atoms with van der Waals surface area (Å²) in [6, 6.07) is 6.96. The number of carbonyl (C=O) groups is 1. The lowest BCUT2D eigenvalue weighted by molar-refractivity contribution is -0.142. The lowest BCUT2D eigenvalue weighted by atomic mass is 10.00. The first-order valence-corrected chi connectivity index (χ1v) is 9.30. The number of carboxylic acid groups (broad SMARTS) is 1. The maximum atomic E-state index is 11.8. The number of ether oxygens (including phenoxy) is 3. The smallest absolute Gasteiger partial charge is 0.320 e. The third-order valence-corrected chi connectivity index (χ3v) is 5.68. The second-order valence-electron chi connectivity index (χ2n) is 6.10. The van der Waals surface area contributed by atoms with Crippen molar-refractivity contribution in [2.75, 3.05) is 27.9 Å². The average Bonchev–Trinajstić information content (AvgIpc) is 3.34. The topological polar surface area (TPSA) is 68.2 Å². The van der Waals surface area contributed by atoms with Gasteiger partial charge in [-0.05, 0) is 30.4 Å². The summed E-state index contributed by atoms with van der Waals surface area (Å²) in [4.78, 5) is 14.9. The molecule has 0 bridgehead atoms. The molecule has 1 N–H and O–H groups in total. The minimum atomic E-state index is -0.788. The number of methoxy groups -OCH3 is 3. The molecule has 3 rings (SSSR count). The highest BCUT2D eigenvalue weighted by atomic mass is 32.1. The van der Waals surface area contributed by atoms with Crippen LogP contribution >= 0.6 is 11.3 Å². The molecule has 2 unspecified atom stereocenters. The lowest BCUT2D eigenvalue weighted by Gasteiger charge is -2.32. The van der Waals surface area contributed by atoms with Gasteiger partial charge in [-0.3, -0.25) is 9.69 Å². The second-order valence-corrected chi connectivity index (χ2v) is 7.08. The number of likely N-dealkylation sites (tertiary alicyclic amines) is 1. The van der Waals surface area contributed by atoms with Crippen molar-refractivity contribution < 1.29 is 24.1 Å². The van der Waals surface area contributed by atoms with Gasteiger partial charge in [-0.1, -0.05) is 6.07 Å². The monoisotopic (exact) mass is 377 g/mol. The Morgan fingerprint density at radius 1 is 1.19 bits per heavy atom. The molecule has 0 saturated carbocycles. The van der Waals surface area contributed by atoms with Crippen LogP contribution < -0.4 is 14.2 Å². The van der Waals surface area contributed by atoms with E-state index in [4.69, 9.17) is 14.2 Å². The molecular formula is C19H23NO5S. The summed E-state index contributed by atoms with van der Waals surface area (Å²) in [5, 5.41) is 11.7. The molecule has 0 aliphatic carbocycles. The van der Waals surface area contributed by atoms with Crippen molar-refractivity contribution in [2.45, 2.75) is 24.9 Å². The van der Waals surface area contributed by atoms with Crippen molar-refractivity contribution >= 4 is 17.3 Å². The van der Waals surface area contributed by atoms with Gasteiger partial charge in [0.2, 0.25) is 0 Å². The largest absolute Gasteiger partial charge is 0.496 e. The third-order valence-electron chi connectivity index (χ3n) is 4.75. The predicted octanol–water partition coefficient (Wildman–Crippen LogP) is 3.41. The van der Waals surface area contributed by atoms with Crippen LogP contribution in [0.5, 0.6) is 17.2 Å². The van der Waals surface area contributed by atoms with Crippen LogP contribution in [0, 0.1) is 0 Å². The highest BCUT2D eigenvalue weighted by Gasteiger charge is 2.38. The Balaban J connectivity index is 2.15. The first kappa shape index (κ1) is 18.5. The molecule has 0 amide bonds. The minimum absolute atomic E-state index is 0.214. The van der Waals surface area contributed by atoms with E-state index < -0.39 is 12.0 Å². The molecule has 1 aliphatic rings. The molecule has 26 heavy (non-hydrogen) atoms. The number of hydrogen-bond acceptors (Lipinski definition) is 6. The molecule has 6 nitrogen and oxygen atoms in total. The standard InChI is InChI=1S/C19H23NO5S/c1-23-14-11-16(25-3)15(24-2)10-12(14)18(17-7-5-9-26-17)20-8-4-6-13(20)19(21)22/h5,7,9-11,13,18H,4,6,8H2,1-3H3,(H,21,22). The van der Waals surface area contributed by atoms with Gasteiger partial charge in [0.1, 0.15) is 11.8 Å². The quantitative estimate of drug-likeness (QED) is 0.797. The molecule has 140 valence electrons. The van der Waals surface area contributed by atoms with E-state index in [0.29, 0.717) is 23.7 Å². The Kier molecular flexibility index (Phi) is 5.68. The van der Waals surface area contributed by atoms with E-state index in [2.05, 4.69) is 0 Å². The van der Waals surface area contributed by atoms with E-state index in [1.807, 2.05) is 28.5 Å². The van der Waals surface area contributed by atoms with E-state index in [1.165, 1.54) is 0 Å². The molecular weight excluding hydrogens is 354 g/mol. The van der Waals surface area contributed by atoms with Gasteiger partial charge in [0.25, 0.3) is 0 Å². The maximum absolute atomic E-state index is 11.8. The number of nitrogens with zero attached hydrogens (tertiary/aromatic N) is 1. The van der Waals surface area contributed by atoms with E-state index >= 15 is 0 Å². The summed E-state index contributed by atoms with van der Waals surface area (Å²) < 4.78 is 16.5. The molecule has 1 fully saturated rings. The summed E-state index contributed by atoms with van der Waals surface area (Å²) in [5.41, 5.74) is 0.876. The number of carboxylic acids is 1. The highest BCUT2D eigenvalue weighted by Crippen LogP contribution is 2.44. The van der Waals surface area contributed by atoms with Gasteiger partial charge in [-0.15, -0.1) is 11.3 Å². The average molecular weight is 377 g/mol. The fraction of sp³-hybridized carbons (Fsp3) is 0.421. The van der Waals surface area contributed by atoms with Crippen LogP contribution in [-0.4, -0.2) is 49.9 Å². The third kappa shape index (κ3) is 3.37. The normalized spacial score (nSPS) is 18.5. The van der Waals surface area contributed by atoms with Crippen LogP contribution in [0.15, 0.2) is 29.6 Å². The first-order chi connectivity index (χ1) is 12.6. The molecule has 2 aromatic rings. The summed E-state index contributed by atoms with van der Waals surface area (Å²) in [7, 11) is 4.77. The summed E-state index contributed by atoms with van der Waals surface area (Å²) in [6.45, 7) is 0.719.